The molecule has 1 aliphatic heterocycles. The first-order chi connectivity index (χ1) is 11.5. The van der Waals surface area contributed by atoms with Crippen LogP contribution in [0.3, 0.4) is 0 Å². The number of hydrogen-bond acceptors (Lipinski definition) is 3. The molecule has 0 spiro atoms. The maximum atomic E-state index is 12.5. The quantitative estimate of drug-likeness (QED) is 0.677. The highest BCUT2D eigenvalue weighted by molar-refractivity contribution is 5.97. The maximum Gasteiger partial charge on any atom is 0.251 e. The van der Waals surface area contributed by atoms with Crippen molar-refractivity contribution in [3.63, 3.8) is 0 Å². The Balaban J connectivity index is 0.00000312. The number of carbonyl (C=O) groups is 2. The molecule has 25 heavy (non-hydrogen) atoms. The van der Waals surface area contributed by atoms with Crippen molar-refractivity contribution in [2.75, 3.05) is 19.6 Å². The van der Waals surface area contributed by atoms with E-state index in [1.54, 1.807) is 6.07 Å². The molecule has 0 radical (unpaired) electrons. The minimum absolute atomic E-state index is 0. The van der Waals surface area contributed by atoms with E-state index in [0.717, 1.165) is 25.1 Å². The maximum absolute atomic E-state index is 12.5. The number of benzene rings is 1. The number of aryl methyl sites for hydroxylation is 1. The standard InChI is InChI=1S/C19H27N3O2.ClH/c1-13(2)17(19(24)21-12-15-7-9-20-10-8-15)22-18(23)16-6-4-5-14(3)11-16;/h4-7,11,13,17,20H,8-10,12H2,1-3H3,(H,21,24)(H,22,23);1H. The molecule has 1 aliphatic rings. The van der Waals surface area contributed by atoms with Crippen molar-refractivity contribution >= 4 is 24.2 Å². The summed E-state index contributed by atoms with van der Waals surface area (Å²) in [4.78, 5) is 24.9. The summed E-state index contributed by atoms with van der Waals surface area (Å²) in [5.41, 5.74) is 2.83. The Bertz CT molecular complexity index is 629. The number of amides is 2. The highest BCUT2D eigenvalue weighted by Crippen LogP contribution is 2.08. The summed E-state index contributed by atoms with van der Waals surface area (Å²) in [5.74, 6) is -0.333. The number of rotatable bonds is 6. The van der Waals surface area contributed by atoms with Crippen LogP contribution in [0.5, 0.6) is 0 Å². The molecule has 138 valence electrons. The fourth-order valence-electron chi connectivity index (χ4n) is 2.69. The third kappa shape index (κ3) is 6.52. The van der Waals surface area contributed by atoms with Crippen LogP contribution in [0.25, 0.3) is 0 Å². The van der Waals surface area contributed by atoms with E-state index >= 15 is 0 Å². The summed E-state index contributed by atoms with van der Waals surface area (Å²) < 4.78 is 0. The van der Waals surface area contributed by atoms with Crippen molar-refractivity contribution < 1.29 is 9.59 Å². The summed E-state index contributed by atoms with van der Waals surface area (Å²) in [5, 5.41) is 9.06. The molecule has 1 atom stereocenters. The fraction of sp³-hybridized carbons (Fsp3) is 0.474. The first-order valence-corrected chi connectivity index (χ1v) is 8.51. The van der Waals surface area contributed by atoms with E-state index in [4.69, 9.17) is 0 Å². The van der Waals surface area contributed by atoms with Gasteiger partial charge in [0.15, 0.2) is 0 Å². The SMILES string of the molecule is Cc1cccc(C(=O)NC(C(=O)NCC2=CCNCC2)C(C)C)c1.Cl. The van der Waals surface area contributed by atoms with Crippen molar-refractivity contribution in [2.45, 2.75) is 33.2 Å². The van der Waals surface area contributed by atoms with Gasteiger partial charge in [0.2, 0.25) is 5.91 Å². The molecule has 0 aliphatic carbocycles. The zero-order valence-corrected chi connectivity index (χ0v) is 15.9. The number of hydrogen-bond donors (Lipinski definition) is 3. The smallest absolute Gasteiger partial charge is 0.251 e. The second-order valence-electron chi connectivity index (χ2n) is 6.60. The Morgan fingerprint density at radius 1 is 1.28 bits per heavy atom. The molecule has 1 aromatic rings. The molecule has 0 aromatic heterocycles. The fourth-order valence-corrected chi connectivity index (χ4v) is 2.69. The monoisotopic (exact) mass is 365 g/mol. The Hall–Kier alpha value is -1.85. The van der Waals surface area contributed by atoms with Gasteiger partial charge in [0.25, 0.3) is 5.91 Å². The van der Waals surface area contributed by atoms with Gasteiger partial charge in [-0.1, -0.05) is 43.2 Å². The van der Waals surface area contributed by atoms with Crippen molar-refractivity contribution in [1.82, 2.24) is 16.0 Å². The van der Waals surface area contributed by atoms with Gasteiger partial charge in [0.1, 0.15) is 6.04 Å². The number of nitrogens with one attached hydrogen (secondary N) is 3. The molecule has 1 unspecified atom stereocenters. The molecule has 2 rings (SSSR count). The van der Waals surface area contributed by atoms with Gasteiger partial charge in [-0.05, 0) is 37.9 Å². The van der Waals surface area contributed by atoms with Crippen molar-refractivity contribution in [1.29, 1.82) is 0 Å². The average molecular weight is 366 g/mol. The molecule has 3 N–H and O–H groups in total. The Morgan fingerprint density at radius 3 is 2.64 bits per heavy atom. The molecule has 0 fully saturated rings. The highest BCUT2D eigenvalue weighted by atomic mass is 35.5. The zero-order chi connectivity index (χ0) is 17.5. The lowest BCUT2D eigenvalue weighted by Crippen LogP contribution is -2.50. The molecular formula is C19H28ClN3O2. The molecule has 6 heteroatoms. The van der Waals surface area contributed by atoms with Crippen LogP contribution in [0.2, 0.25) is 0 Å². The zero-order valence-electron chi connectivity index (χ0n) is 15.1. The van der Waals surface area contributed by atoms with E-state index in [2.05, 4.69) is 22.0 Å². The molecule has 0 saturated carbocycles. The molecule has 0 bridgehead atoms. The van der Waals surface area contributed by atoms with Crippen molar-refractivity contribution in [3.8, 4) is 0 Å². The number of halogens is 1. The summed E-state index contributed by atoms with van der Waals surface area (Å²) in [6.07, 6.45) is 3.06. The topological polar surface area (TPSA) is 70.2 Å². The highest BCUT2D eigenvalue weighted by Gasteiger charge is 2.24. The van der Waals surface area contributed by atoms with Gasteiger partial charge in [-0.25, -0.2) is 0 Å². The van der Waals surface area contributed by atoms with E-state index in [0.29, 0.717) is 12.1 Å². The normalized spacial score (nSPS) is 15.0. The van der Waals surface area contributed by atoms with Crippen LogP contribution < -0.4 is 16.0 Å². The van der Waals surface area contributed by atoms with Gasteiger partial charge in [0.05, 0.1) is 0 Å². The van der Waals surface area contributed by atoms with Gasteiger partial charge >= 0.3 is 0 Å². The van der Waals surface area contributed by atoms with Crippen LogP contribution in [0.1, 0.15) is 36.2 Å². The van der Waals surface area contributed by atoms with E-state index < -0.39 is 6.04 Å². The Morgan fingerprint density at radius 2 is 2.04 bits per heavy atom. The third-order valence-corrected chi connectivity index (χ3v) is 4.16. The second-order valence-corrected chi connectivity index (χ2v) is 6.60. The first-order valence-electron chi connectivity index (χ1n) is 8.51. The van der Waals surface area contributed by atoms with Crippen LogP contribution in [0, 0.1) is 12.8 Å². The van der Waals surface area contributed by atoms with Gasteiger partial charge in [-0.3, -0.25) is 9.59 Å². The van der Waals surface area contributed by atoms with Gasteiger partial charge < -0.3 is 16.0 Å². The molecule has 0 saturated heterocycles. The Kier molecular flexibility index (Phi) is 8.66. The summed E-state index contributed by atoms with van der Waals surface area (Å²) in [7, 11) is 0. The summed E-state index contributed by atoms with van der Waals surface area (Å²) in [6.45, 7) is 8.15. The molecule has 5 nitrogen and oxygen atoms in total. The molecule has 2 amide bonds. The lowest BCUT2D eigenvalue weighted by Gasteiger charge is -2.23. The molecule has 1 heterocycles. The van der Waals surface area contributed by atoms with Gasteiger partial charge in [0, 0.05) is 18.7 Å². The predicted octanol–water partition coefficient (Wildman–Crippen LogP) is 2.21. The van der Waals surface area contributed by atoms with Crippen LogP contribution in [0.4, 0.5) is 0 Å². The van der Waals surface area contributed by atoms with E-state index in [9.17, 15) is 9.59 Å². The van der Waals surface area contributed by atoms with Crippen LogP contribution in [-0.2, 0) is 4.79 Å². The second kappa shape index (κ2) is 10.2. The van der Waals surface area contributed by atoms with E-state index in [1.165, 1.54) is 5.57 Å². The van der Waals surface area contributed by atoms with Gasteiger partial charge in [-0.2, -0.15) is 0 Å². The average Bonchev–Trinajstić information content (AvgIpc) is 2.58. The lowest BCUT2D eigenvalue weighted by atomic mass is 10.0. The lowest BCUT2D eigenvalue weighted by molar-refractivity contribution is -0.123. The minimum atomic E-state index is -0.541. The summed E-state index contributed by atoms with van der Waals surface area (Å²) in [6, 6.07) is 6.83. The predicted molar refractivity (Wildman–Crippen MR) is 103 cm³/mol. The van der Waals surface area contributed by atoms with E-state index in [1.807, 2.05) is 39.0 Å². The van der Waals surface area contributed by atoms with Crippen LogP contribution in [-0.4, -0.2) is 37.5 Å². The number of carbonyl (C=O) groups excluding carboxylic acids is 2. The molecular weight excluding hydrogens is 338 g/mol. The third-order valence-electron chi connectivity index (χ3n) is 4.16. The van der Waals surface area contributed by atoms with Crippen LogP contribution in [0.15, 0.2) is 35.9 Å². The first kappa shape index (κ1) is 21.2. The summed E-state index contributed by atoms with van der Waals surface area (Å²) >= 11 is 0. The Labute approximate surface area is 156 Å². The van der Waals surface area contributed by atoms with Crippen molar-refractivity contribution in [2.24, 2.45) is 5.92 Å². The van der Waals surface area contributed by atoms with E-state index in [-0.39, 0.29) is 30.1 Å². The molecule has 1 aromatic carbocycles. The van der Waals surface area contributed by atoms with Gasteiger partial charge in [-0.15, -0.1) is 12.4 Å². The largest absolute Gasteiger partial charge is 0.351 e. The van der Waals surface area contributed by atoms with Crippen molar-refractivity contribution in [3.05, 3.63) is 47.0 Å². The minimum Gasteiger partial charge on any atom is -0.351 e. The van der Waals surface area contributed by atoms with Crippen LogP contribution >= 0.6 is 12.4 Å².